The maximum Gasteiger partial charge on any atom is 0.335 e. The molecular weight excluding hydrogens is 350 g/mol. The molecule has 27 heavy (non-hydrogen) atoms. The molecule has 0 amide bonds. The Morgan fingerprint density at radius 1 is 1.26 bits per heavy atom. The van der Waals surface area contributed by atoms with Crippen molar-refractivity contribution in [1.82, 2.24) is 9.55 Å². The number of aromatic nitrogens is 2. The Morgan fingerprint density at radius 3 is 2.78 bits per heavy atom. The SMILES string of the molecule is O=C(O)c1ccc2c(=O)n3c(nc2c1)/C(=C/c1ccccc1[N+](=O)[O-])CC3. The Morgan fingerprint density at radius 2 is 2.04 bits per heavy atom. The van der Waals surface area contributed by atoms with Gasteiger partial charge in [-0.2, -0.15) is 0 Å². The number of nitrogens with zero attached hydrogens (tertiary/aromatic N) is 3. The van der Waals surface area contributed by atoms with E-state index in [1.54, 1.807) is 24.3 Å². The summed E-state index contributed by atoms with van der Waals surface area (Å²) in [5.74, 6) is -0.692. The average Bonchev–Trinajstić information content (AvgIpc) is 3.04. The van der Waals surface area contributed by atoms with Crippen LogP contribution in [0.2, 0.25) is 0 Å². The van der Waals surface area contributed by atoms with Gasteiger partial charge in [0.25, 0.3) is 11.2 Å². The first-order valence-electron chi connectivity index (χ1n) is 8.18. The third-order valence-electron chi connectivity index (χ3n) is 4.56. The standard InChI is InChI=1S/C19H13N3O5/c23-18-14-6-5-13(19(24)25)10-15(14)20-17-12(7-8-21(17)18)9-11-3-1-2-4-16(11)22(26)27/h1-6,9-10H,7-8H2,(H,24,25)/b12-9+. The lowest BCUT2D eigenvalue weighted by Gasteiger charge is -2.06. The van der Waals surface area contributed by atoms with Crippen LogP contribution < -0.4 is 5.56 Å². The molecule has 2 aromatic carbocycles. The number of carboxylic acids is 1. The van der Waals surface area contributed by atoms with Gasteiger partial charge in [0.05, 0.1) is 27.0 Å². The van der Waals surface area contributed by atoms with Gasteiger partial charge in [0.15, 0.2) is 0 Å². The molecule has 8 heteroatoms. The monoisotopic (exact) mass is 363 g/mol. The molecule has 0 fully saturated rings. The van der Waals surface area contributed by atoms with E-state index in [2.05, 4.69) is 4.98 Å². The first-order chi connectivity index (χ1) is 13.0. The van der Waals surface area contributed by atoms with Crippen molar-refractivity contribution in [1.29, 1.82) is 0 Å². The highest BCUT2D eigenvalue weighted by atomic mass is 16.6. The molecule has 0 bridgehead atoms. The molecule has 1 aliphatic rings. The van der Waals surface area contributed by atoms with Crippen molar-refractivity contribution < 1.29 is 14.8 Å². The summed E-state index contributed by atoms with van der Waals surface area (Å²) >= 11 is 0. The fourth-order valence-corrected chi connectivity index (χ4v) is 3.25. The molecule has 1 N–H and O–H groups in total. The second-order valence-corrected chi connectivity index (χ2v) is 6.16. The van der Waals surface area contributed by atoms with Gasteiger partial charge in [-0.25, -0.2) is 9.78 Å². The summed E-state index contributed by atoms with van der Waals surface area (Å²) in [7, 11) is 0. The number of carboxylic acid groups (broad SMARTS) is 1. The van der Waals surface area contributed by atoms with Crippen LogP contribution in [0.1, 0.15) is 28.2 Å². The van der Waals surface area contributed by atoms with Crippen LogP contribution in [0.3, 0.4) is 0 Å². The number of para-hydroxylation sites is 1. The summed E-state index contributed by atoms with van der Waals surface area (Å²) in [6.07, 6.45) is 2.17. The summed E-state index contributed by atoms with van der Waals surface area (Å²) in [6.45, 7) is 0.421. The van der Waals surface area contributed by atoms with E-state index in [1.807, 2.05) is 0 Å². The summed E-state index contributed by atoms with van der Waals surface area (Å²) in [5.41, 5.74) is 1.18. The number of rotatable bonds is 3. The predicted molar refractivity (Wildman–Crippen MR) is 98.5 cm³/mol. The molecule has 8 nitrogen and oxygen atoms in total. The number of aromatic carboxylic acids is 1. The summed E-state index contributed by atoms with van der Waals surface area (Å²) in [5, 5.41) is 20.7. The zero-order valence-electron chi connectivity index (χ0n) is 14.0. The van der Waals surface area contributed by atoms with Crippen LogP contribution in [0.15, 0.2) is 47.3 Å². The number of hydrogen-bond donors (Lipinski definition) is 1. The van der Waals surface area contributed by atoms with Crippen molar-refractivity contribution >= 4 is 34.2 Å². The van der Waals surface area contributed by atoms with Gasteiger partial charge >= 0.3 is 5.97 Å². The van der Waals surface area contributed by atoms with Crippen molar-refractivity contribution in [3.05, 3.63) is 79.9 Å². The number of hydrogen-bond acceptors (Lipinski definition) is 5. The van der Waals surface area contributed by atoms with Gasteiger partial charge in [-0.15, -0.1) is 0 Å². The Kier molecular flexibility index (Phi) is 3.80. The summed E-state index contributed by atoms with van der Waals surface area (Å²) in [4.78, 5) is 39.1. The number of nitro benzene ring substituents is 1. The van der Waals surface area contributed by atoms with Gasteiger partial charge in [0.1, 0.15) is 5.82 Å². The number of fused-ring (bicyclic) bond motifs is 2. The normalized spacial score (nSPS) is 14.4. The summed E-state index contributed by atoms with van der Waals surface area (Å²) < 4.78 is 1.52. The smallest absolute Gasteiger partial charge is 0.335 e. The van der Waals surface area contributed by atoms with Crippen LogP contribution >= 0.6 is 0 Å². The molecule has 1 aliphatic heterocycles. The Bertz CT molecular complexity index is 1210. The topological polar surface area (TPSA) is 115 Å². The molecule has 2 heterocycles. The first kappa shape index (κ1) is 16.6. The highest BCUT2D eigenvalue weighted by Gasteiger charge is 2.22. The molecule has 134 valence electrons. The number of benzene rings is 2. The molecule has 0 aliphatic carbocycles. The Labute approximate surface area is 152 Å². The minimum Gasteiger partial charge on any atom is -0.478 e. The van der Waals surface area contributed by atoms with E-state index < -0.39 is 10.9 Å². The molecular formula is C19H13N3O5. The van der Waals surface area contributed by atoms with Crippen molar-refractivity contribution in [3.8, 4) is 0 Å². The maximum absolute atomic E-state index is 12.7. The van der Waals surface area contributed by atoms with Crippen molar-refractivity contribution in [3.63, 3.8) is 0 Å². The molecule has 0 saturated heterocycles. The number of nitro groups is 1. The van der Waals surface area contributed by atoms with Gasteiger partial charge in [-0.3, -0.25) is 19.5 Å². The molecule has 0 radical (unpaired) electrons. The second kappa shape index (κ2) is 6.17. The average molecular weight is 363 g/mol. The minimum absolute atomic E-state index is 0.0280. The Hall–Kier alpha value is -3.81. The van der Waals surface area contributed by atoms with E-state index in [0.29, 0.717) is 40.8 Å². The number of carbonyl (C=O) groups is 1. The van der Waals surface area contributed by atoms with Crippen LogP contribution in [0.4, 0.5) is 5.69 Å². The molecule has 1 aromatic heterocycles. The first-order valence-corrected chi connectivity index (χ1v) is 8.18. The Balaban J connectivity index is 1.91. The van der Waals surface area contributed by atoms with Crippen molar-refractivity contribution in [2.45, 2.75) is 13.0 Å². The van der Waals surface area contributed by atoms with Gasteiger partial charge in [0.2, 0.25) is 0 Å². The third kappa shape index (κ3) is 2.77. The van der Waals surface area contributed by atoms with Crippen molar-refractivity contribution in [2.75, 3.05) is 0 Å². The molecule has 0 saturated carbocycles. The van der Waals surface area contributed by atoms with Gasteiger partial charge in [-0.05, 0) is 42.3 Å². The predicted octanol–water partition coefficient (Wildman–Crippen LogP) is 2.95. The van der Waals surface area contributed by atoms with E-state index in [0.717, 1.165) is 0 Å². The van der Waals surface area contributed by atoms with Crippen LogP contribution in [-0.2, 0) is 6.54 Å². The van der Waals surface area contributed by atoms with E-state index in [4.69, 9.17) is 5.11 Å². The summed E-state index contributed by atoms with van der Waals surface area (Å²) in [6, 6.07) is 10.5. The van der Waals surface area contributed by atoms with Crippen LogP contribution in [-0.4, -0.2) is 25.6 Å². The van der Waals surface area contributed by atoms with Gasteiger partial charge in [-0.1, -0.05) is 12.1 Å². The third-order valence-corrected chi connectivity index (χ3v) is 4.56. The zero-order valence-corrected chi connectivity index (χ0v) is 14.0. The lowest BCUT2D eigenvalue weighted by atomic mass is 10.1. The lowest BCUT2D eigenvalue weighted by Crippen LogP contribution is -2.21. The van der Waals surface area contributed by atoms with Crippen LogP contribution in [0, 0.1) is 10.1 Å². The largest absolute Gasteiger partial charge is 0.478 e. The molecule has 0 spiro atoms. The van der Waals surface area contributed by atoms with Gasteiger partial charge < -0.3 is 5.11 Å². The highest BCUT2D eigenvalue weighted by molar-refractivity contribution is 5.93. The van der Waals surface area contributed by atoms with Gasteiger partial charge in [0, 0.05) is 12.6 Å². The molecule has 0 unspecified atom stereocenters. The maximum atomic E-state index is 12.7. The fourth-order valence-electron chi connectivity index (χ4n) is 3.25. The number of allylic oxidation sites excluding steroid dienone is 1. The lowest BCUT2D eigenvalue weighted by molar-refractivity contribution is -0.385. The van der Waals surface area contributed by atoms with Crippen LogP contribution in [0.5, 0.6) is 0 Å². The molecule has 0 atom stereocenters. The van der Waals surface area contributed by atoms with E-state index in [-0.39, 0.29) is 16.8 Å². The van der Waals surface area contributed by atoms with Crippen LogP contribution in [0.25, 0.3) is 22.6 Å². The van der Waals surface area contributed by atoms with E-state index in [9.17, 15) is 19.7 Å². The molecule has 3 aromatic rings. The second-order valence-electron chi connectivity index (χ2n) is 6.16. The van der Waals surface area contributed by atoms with Crippen molar-refractivity contribution in [2.24, 2.45) is 0 Å². The fraction of sp³-hybridized carbons (Fsp3) is 0.105. The minimum atomic E-state index is -1.10. The van der Waals surface area contributed by atoms with E-state index in [1.165, 1.54) is 28.8 Å². The molecule has 4 rings (SSSR count). The zero-order chi connectivity index (χ0) is 19.1. The highest BCUT2D eigenvalue weighted by Crippen LogP contribution is 2.30. The quantitative estimate of drug-likeness (QED) is 0.565. The van der Waals surface area contributed by atoms with E-state index >= 15 is 0 Å².